The summed E-state index contributed by atoms with van der Waals surface area (Å²) in [5.74, 6) is -5.19. The third-order valence-electron chi connectivity index (χ3n) is 7.59. The fourth-order valence-electron chi connectivity index (χ4n) is 5.45. The molecule has 0 aromatic heterocycles. The van der Waals surface area contributed by atoms with E-state index in [-0.39, 0.29) is 36.6 Å². The van der Waals surface area contributed by atoms with Crippen LogP contribution in [0, 0.1) is 39.9 Å². The zero-order valence-electron chi connectivity index (χ0n) is 20.8. The van der Waals surface area contributed by atoms with Gasteiger partial charge in [-0.1, -0.05) is 34.6 Å². The number of carbonyl (C=O) groups is 4. The van der Waals surface area contributed by atoms with Crippen molar-refractivity contribution in [2.45, 2.75) is 78.0 Å². The number of aliphatic hydroxyl groups is 1. The van der Waals surface area contributed by atoms with Crippen LogP contribution in [0.5, 0.6) is 0 Å². The number of piperidine rings is 1. The molecular weight excluding hydrogens is 483 g/mol. The number of nitrogens with zero attached hydrogens (tertiary/aromatic N) is 2. The van der Waals surface area contributed by atoms with Crippen LogP contribution in [-0.4, -0.2) is 70.7 Å². The molecule has 1 saturated carbocycles. The summed E-state index contributed by atoms with van der Waals surface area (Å²) in [7, 11) is 0. The Morgan fingerprint density at radius 1 is 1.25 bits per heavy atom. The fourth-order valence-corrected chi connectivity index (χ4v) is 5.45. The maximum absolute atomic E-state index is 13.5. The van der Waals surface area contributed by atoms with Crippen molar-refractivity contribution in [3.8, 4) is 6.07 Å². The summed E-state index contributed by atoms with van der Waals surface area (Å²) in [6.07, 6.45) is -6.18. The van der Waals surface area contributed by atoms with Crippen molar-refractivity contribution < 1.29 is 37.5 Å². The lowest BCUT2D eigenvalue weighted by atomic mass is 9.85. The third-order valence-corrected chi connectivity index (χ3v) is 7.59. The first-order valence-electron chi connectivity index (χ1n) is 11.8. The largest absolute Gasteiger partial charge is 0.471 e. The highest BCUT2D eigenvalue weighted by Gasteiger charge is 2.70. The molecular formula is C23H32F3N5O5. The summed E-state index contributed by atoms with van der Waals surface area (Å²) in [5.41, 5.74) is -1.39. The van der Waals surface area contributed by atoms with Gasteiger partial charge >= 0.3 is 12.1 Å². The second kappa shape index (κ2) is 9.21. The van der Waals surface area contributed by atoms with Crippen LogP contribution in [-0.2, 0) is 19.2 Å². The molecule has 2 saturated heterocycles. The Bertz CT molecular complexity index is 986. The monoisotopic (exact) mass is 515 g/mol. The van der Waals surface area contributed by atoms with E-state index in [9.17, 15) is 42.7 Å². The molecule has 2 aliphatic heterocycles. The van der Waals surface area contributed by atoms with E-state index in [0.717, 1.165) is 0 Å². The van der Waals surface area contributed by atoms with Gasteiger partial charge < -0.3 is 26.0 Å². The highest BCUT2D eigenvalue weighted by atomic mass is 19.4. The topological polar surface area (TPSA) is 152 Å². The van der Waals surface area contributed by atoms with Crippen molar-refractivity contribution in [1.82, 2.24) is 20.9 Å². The fraction of sp³-hybridized carbons (Fsp3) is 0.783. The molecule has 7 atom stereocenters. The van der Waals surface area contributed by atoms with Crippen LogP contribution in [0.1, 0.15) is 47.5 Å². The number of hydrogen-bond donors (Lipinski definition) is 4. The van der Waals surface area contributed by atoms with Crippen LogP contribution in [0.2, 0.25) is 0 Å². The number of nitriles is 1. The second-order valence-corrected chi connectivity index (χ2v) is 11.5. The summed E-state index contributed by atoms with van der Waals surface area (Å²) in [6.45, 7) is 8.49. The molecule has 2 heterocycles. The molecule has 3 rings (SSSR count). The second-order valence-electron chi connectivity index (χ2n) is 11.5. The maximum atomic E-state index is 13.5. The van der Waals surface area contributed by atoms with Gasteiger partial charge in [-0.15, -0.1) is 0 Å². The molecule has 0 bridgehead atoms. The van der Waals surface area contributed by atoms with Gasteiger partial charge in [0.15, 0.2) is 0 Å². The maximum Gasteiger partial charge on any atom is 0.471 e. The number of carbonyl (C=O) groups excluding carboxylic acids is 4. The van der Waals surface area contributed by atoms with Crippen molar-refractivity contribution in [2.24, 2.45) is 28.6 Å². The first kappa shape index (κ1) is 27.7. The van der Waals surface area contributed by atoms with Crippen LogP contribution in [0.15, 0.2) is 0 Å². The van der Waals surface area contributed by atoms with Crippen molar-refractivity contribution in [3.63, 3.8) is 0 Å². The SMILES string of the molecule is CC(C)(C)[C@H](NC(=O)C(F)(F)F)C(=O)N1C[C@H]2[C@@H]([C@H]1C(=O)N[C@H](C#N)C[C@@H]1CC(O)NC1=O)C2(C)C. The number of aliphatic hydroxyl groups excluding tert-OH is 1. The first-order chi connectivity index (χ1) is 16.4. The van der Waals surface area contributed by atoms with Gasteiger partial charge in [0, 0.05) is 18.9 Å². The molecule has 3 aliphatic rings. The van der Waals surface area contributed by atoms with E-state index in [1.807, 2.05) is 19.9 Å². The van der Waals surface area contributed by atoms with Crippen molar-refractivity contribution in [2.75, 3.05) is 6.54 Å². The van der Waals surface area contributed by atoms with E-state index >= 15 is 0 Å². The number of halogens is 3. The molecule has 0 aromatic carbocycles. The lowest BCUT2D eigenvalue weighted by molar-refractivity contribution is -0.176. The van der Waals surface area contributed by atoms with E-state index in [2.05, 4.69) is 10.6 Å². The Hall–Kier alpha value is -2.88. The average Bonchev–Trinajstić information content (AvgIpc) is 3.06. The number of amides is 4. The van der Waals surface area contributed by atoms with Crippen molar-refractivity contribution >= 4 is 23.6 Å². The van der Waals surface area contributed by atoms with Gasteiger partial charge in [0.05, 0.1) is 6.07 Å². The predicted molar refractivity (Wildman–Crippen MR) is 118 cm³/mol. The highest BCUT2D eigenvalue weighted by Crippen LogP contribution is 2.65. The van der Waals surface area contributed by atoms with E-state index in [4.69, 9.17) is 0 Å². The molecule has 4 N–H and O–H groups in total. The van der Waals surface area contributed by atoms with Gasteiger partial charge in [0.2, 0.25) is 17.7 Å². The Morgan fingerprint density at radius 2 is 1.86 bits per heavy atom. The summed E-state index contributed by atoms with van der Waals surface area (Å²) in [4.78, 5) is 51.6. The molecule has 3 fully saturated rings. The molecule has 4 amide bonds. The minimum absolute atomic E-state index is 0.0461. The van der Waals surface area contributed by atoms with Gasteiger partial charge in [0.25, 0.3) is 0 Å². The lowest BCUT2D eigenvalue weighted by Gasteiger charge is -2.37. The summed E-state index contributed by atoms with van der Waals surface area (Å²) in [6, 6.07) is -1.76. The first-order valence-corrected chi connectivity index (χ1v) is 11.8. The number of fused-ring (bicyclic) bond motifs is 1. The number of likely N-dealkylation sites (tertiary alicyclic amines) is 1. The molecule has 1 unspecified atom stereocenters. The Kier molecular flexibility index (Phi) is 7.09. The Morgan fingerprint density at radius 3 is 2.33 bits per heavy atom. The van der Waals surface area contributed by atoms with E-state index < -0.39 is 65.5 Å². The molecule has 0 radical (unpaired) electrons. The zero-order chi connectivity index (χ0) is 27.4. The zero-order valence-corrected chi connectivity index (χ0v) is 20.8. The Balaban J connectivity index is 1.80. The predicted octanol–water partition coefficient (Wildman–Crippen LogP) is 0.416. The smallest absolute Gasteiger partial charge is 0.374 e. The highest BCUT2D eigenvalue weighted by molar-refractivity contribution is 5.95. The van der Waals surface area contributed by atoms with E-state index in [1.165, 1.54) is 25.7 Å². The van der Waals surface area contributed by atoms with Gasteiger partial charge in [0.1, 0.15) is 24.4 Å². The van der Waals surface area contributed by atoms with E-state index in [0.29, 0.717) is 0 Å². The normalized spacial score (nSPS) is 30.5. The van der Waals surface area contributed by atoms with Gasteiger partial charge in [-0.05, 0) is 29.1 Å². The van der Waals surface area contributed by atoms with Gasteiger partial charge in [-0.25, -0.2) is 0 Å². The molecule has 36 heavy (non-hydrogen) atoms. The van der Waals surface area contributed by atoms with Crippen molar-refractivity contribution in [1.29, 1.82) is 5.26 Å². The van der Waals surface area contributed by atoms with Crippen LogP contribution in [0.25, 0.3) is 0 Å². The molecule has 10 nitrogen and oxygen atoms in total. The molecule has 200 valence electrons. The number of alkyl halides is 3. The average molecular weight is 516 g/mol. The van der Waals surface area contributed by atoms with Crippen LogP contribution in [0.4, 0.5) is 13.2 Å². The van der Waals surface area contributed by atoms with Crippen LogP contribution in [0.3, 0.4) is 0 Å². The van der Waals surface area contributed by atoms with Crippen LogP contribution >= 0.6 is 0 Å². The summed E-state index contributed by atoms with van der Waals surface area (Å²) >= 11 is 0. The number of hydrogen-bond acceptors (Lipinski definition) is 6. The third kappa shape index (κ3) is 5.28. The standard InChI is InChI=1S/C23H32F3N5O5/c1-21(2,3)16(30-20(36)23(24,25)26)19(35)31-9-12-14(22(12,4)5)15(31)18(34)28-11(8-27)6-10-7-13(32)29-17(10)33/h10-16,32H,6-7,9H2,1-5H3,(H,28,34)(H,29,33)(H,30,36)/t10-,11+,12+,13?,14+,15+,16-/m1/s1. The lowest BCUT2D eigenvalue weighted by Crippen LogP contribution is -2.61. The summed E-state index contributed by atoms with van der Waals surface area (Å²) in [5, 5.41) is 25.8. The Labute approximate surface area is 206 Å². The summed E-state index contributed by atoms with van der Waals surface area (Å²) < 4.78 is 38.8. The van der Waals surface area contributed by atoms with Crippen molar-refractivity contribution in [3.05, 3.63) is 0 Å². The molecule has 0 spiro atoms. The van der Waals surface area contributed by atoms with E-state index in [1.54, 1.807) is 5.32 Å². The number of rotatable bonds is 6. The van der Waals surface area contributed by atoms with Gasteiger partial charge in [-0.3, -0.25) is 19.2 Å². The van der Waals surface area contributed by atoms with Gasteiger partial charge in [-0.2, -0.15) is 18.4 Å². The number of nitrogens with one attached hydrogen (secondary N) is 3. The quantitative estimate of drug-likeness (QED) is 0.402. The molecule has 0 aromatic rings. The van der Waals surface area contributed by atoms with Crippen LogP contribution < -0.4 is 16.0 Å². The molecule has 13 heteroatoms. The minimum atomic E-state index is -5.18. The minimum Gasteiger partial charge on any atom is -0.374 e. The molecule has 1 aliphatic carbocycles.